The molecule has 1 saturated heterocycles. The second-order valence-corrected chi connectivity index (χ2v) is 15.5. The Morgan fingerprint density at radius 1 is 0.941 bits per heavy atom. The molecule has 0 bridgehead atoms. The van der Waals surface area contributed by atoms with Crippen LogP contribution in [0.25, 0.3) is 32.8 Å². The molecule has 270 valence electrons. The number of esters is 1. The Labute approximate surface area is 303 Å². The Balaban J connectivity index is 1.31. The summed E-state index contributed by atoms with van der Waals surface area (Å²) in [6.07, 6.45) is 6.03. The lowest BCUT2D eigenvalue weighted by Gasteiger charge is -2.28. The van der Waals surface area contributed by atoms with Gasteiger partial charge >= 0.3 is 5.97 Å². The summed E-state index contributed by atoms with van der Waals surface area (Å²) in [5.74, 6) is 1.45. The largest absolute Gasteiger partial charge is 0.493 e. The SMILES string of the molecule is Cc1ccc2c(CCCOc3cccc4ccccc34)c(C(=O)OC(C)(C)CCC3CC3)n(CCN3CCNCC3)c2c1-c1c(C)nn(C)c1C. The van der Waals surface area contributed by atoms with Gasteiger partial charge in [0.15, 0.2) is 0 Å². The van der Waals surface area contributed by atoms with Crippen molar-refractivity contribution in [1.29, 1.82) is 0 Å². The van der Waals surface area contributed by atoms with Gasteiger partial charge in [-0.05, 0) is 88.8 Å². The molecule has 51 heavy (non-hydrogen) atoms. The second kappa shape index (κ2) is 14.8. The van der Waals surface area contributed by atoms with Gasteiger partial charge in [0.25, 0.3) is 0 Å². The number of hydrogen-bond acceptors (Lipinski definition) is 6. The summed E-state index contributed by atoms with van der Waals surface area (Å²) >= 11 is 0. The summed E-state index contributed by atoms with van der Waals surface area (Å²) in [6.45, 7) is 16.6. The van der Waals surface area contributed by atoms with Crippen LogP contribution in [-0.2, 0) is 24.8 Å². The molecule has 3 heterocycles. The van der Waals surface area contributed by atoms with Gasteiger partial charge in [-0.25, -0.2) is 4.79 Å². The lowest BCUT2D eigenvalue weighted by atomic mass is 9.94. The van der Waals surface area contributed by atoms with Crippen LogP contribution in [0.3, 0.4) is 0 Å². The highest BCUT2D eigenvalue weighted by Gasteiger charge is 2.33. The maximum atomic E-state index is 14.7. The number of piperazine rings is 1. The zero-order chi connectivity index (χ0) is 35.7. The number of benzene rings is 3. The summed E-state index contributed by atoms with van der Waals surface area (Å²) in [5.41, 5.74) is 7.91. The van der Waals surface area contributed by atoms with E-state index in [1.165, 1.54) is 23.8 Å². The Bertz CT molecular complexity index is 2020. The van der Waals surface area contributed by atoms with E-state index < -0.39 is 5.60 Å². The van der Waals surface area contributed by atoms with Crippen molar-refractivity contribution in [2.75, 3.05) is 39.3 Å². The minimum absolute atomic E-state index is 0.222. The summed E-state index contributed by atoms with van der Waals surface area (Å²) in [7, 11) is 2.01. The van der Waals surface area contributed by atoms with Gasteiger partial charge in [-0.2, -0.15) is 5.10 Å². The number of aromatic nitrogens is 3. The number of carbonyl (C=O) groups excluding carboxylic acids is 1. The highest BCUT2D eigenvalue weighted by molar-refractivity contribution is 6.05. The van der Waals surface area contributed by atoms with E-state index in [1.54, 1.807) is 0 Å². The minimum atomic E-state index is -0.552. The van der Waals surface area contributed by atoms with E-state index in [1.807, 2.05) is 17.8 Å². The molecule has 5 aromatic rings. The van der Waals surface area contributed by atoms with Gasteiger partial charge in [0.2, 0.25) is 0 Å². The summed E-state index contributed by atoms with van der Waals surface area (Å²) in [6, 6.07) is 19.0. The average Bonchev–Trinajstić information content (AvgIpc) is 3.85. The molecule has 1 saturated carbocycles. The summed E-state index contributed by atoms with van der Waals surface area (Å²) in [4.78, 5) is 17.2. The number of fused-ring (bicyclic) bond motifs is 2. The predicted molar refractivity (Wildman–Crippen MR) is 207 cm³/mol. The summed E-state index contributed by atoms with van der Waals surface area (Å²) < 4.78 is 17.2. The molecule has 2 aliphatic rings. The van der Waals surface area contributed by atoms with Gasteiger partial charge < -0.3 is 19.4 Å². The van der Waals surface area contributed by atoms with Crippen LogP contribution in [0.1, 0.15) is 79.0 Å². The van der Waals surface area contributed by atoms with Gasteiger partial charge in [0.1, 0.15) is 17.0 Å². The molecule has 0 radical (unpaired) electrons. The van der Waals surface area contributed by atoms with Crippen molar-refractivity contribution in [1.82, 2.24) is 24.6 Å². The van der Waals surface area contributed by atoms with Crippen LogP contribution in [0.15, 0.2) is 54.6 Å². The Kier molecular flexibility index (Phi) is 10.3. The molecule has 0 unspecified atom stereocenters. The van der Waals surface area contributed by atoms with Crippen molar-refractivity contribution in [3.05, 3.63) is 82.8 Å². The van der Waals surface area contributed by atoms with Gasteiger partial charge in [0, 0.05) is 73.9 Å². The van der Waals surface area contributed by atoms with E-state index in [-0.39, 0.29) is 5.97 Å². The number of rotatable bonds is 14. The Morgan fingerprint density at radius 3 is 2.45 bits per heavy atom. The molecule has 8 nitrogen and oxygen atoms in total. The molecule has 2 fully saturated rings. The van der Waals surface area contributed by atoms with Gasteiger partial charge in [0.05, 0.1) is 17.8 Å². The second-order valence-electron chi connectivity index (χ2n) is 15.5. The van der Waals surface area contributed by atoms with Crippen LogP contribution in [-0.4, -0.2) is 70.1 Å². The van der Waals surface area contributed by atoms with Crippen LogP contribution in [0.2, 0.25) is 0 Å². The first kappa shape index (κ1) is 35.3. The third-order valence-electron chi connectivity index (χ3n) is 11.1. The zero-order valence-corrected chi connectivity index (χ0v) is 31.5. The minimum Gasteiger partial charge on any atom is -0.493 e. The fourth-order valence-corrected chi connectivity index (χ4v) is 8.02. The monoisotopic (exact) mass is 689 g/mol. The molecule has 8 heteroatoms. The van der Waals surface area contributed by atoms with E-state index in [2.05, 4.69) is 97.9 Å². The lowest BCUT2D eigenvalue weighted by molar-refractivity contribution is -0.00708. The topological polar surface area (TPSA) is 73.6 Å². The molecule has 0 spiro atoms. The first-order chi connectivity index (χ1) is 24.6. The number of aryl methyl sites for hydroxylation is 4. The number of nitrogens with one attached hydrogen (secondary N) is 1. The van der Waals surface area contributed by atoms with Crippen LogP contribution >= 0.6 is 0 Å². The highest BCUT2D eigenvalue weighted by atomic mass is 16.6. The molecule has 1 aliphatic carbocycles. The number of carbonyl (C=O) groups is 1. The van der Waals surface area contributed by atoms with Gasteiger partial charge in [-0.1, -0.05) is 61.4 Å². The smallest absolute Gasteiger partial charge is 0.355 e. The van der Waals surface area contributed by atoms with Gasteiger partial charge in [-0.3, -0.25) is 9.58 Å². The van der Waals surface area contributed by atoms with Crippen molar-refractivity contribution in [2.24, 2.45) is 13.0 Å². The zero-order valence-electron chi connectivity index (χ0n) is 31.5. The van der Waals surface area contributed by atoms with E-state index in [0.29, 0.717) is 25.3 Å². The quantitative estimate of drug-likeness (QED) is 0.0937. The fraction of sp³-hybridized carbons (Fsp3) is 0.488. The third-order valence-corrected chi connectivity index (χ3v) is 11.1. The van der Waals surface area contributed by atoms with E-state index >= 15 is 0 Å². The van der Waals surface area contributed by atoms with Crippen molar-refractivity contribution < 1.29 is 14.3 Å². The van der Waals surface area contributed by atoms with Crippen molar-refractivity contribution >= 4 is 27.6 Å². The average molecular weight is 690 g/mol. The normalized spacial score (nSPS) is 15.6. The molecule has 1 N–H and O–H groups in total. The van der Waals surface area contributed by atoms with Crippen LogP contribution in [0, 0.1) is 26.7 Å². The standard InChI is InChI=1S/C43H55N5O3/c1-29-16-19-36-35(14-10-28-50-37-15-9-12-33-11-7-8-13-34(33)37)41(42(49)51-43(4,5)21-20-32-17-18-32)48(27-26-47-24-22-44-23-25-47)40(36)38(29)39-30(2)45-46(6)31(39)3/h7-9,11-13,15-16,19,32,44H,10,14,17-18,20-28H2,1-6H3. The molecule has 0 atom stereocenters. The molecule has 7 rings (SSSR count). The first-order valence-corrected chi connectivity index (χ1v) is 19.0. The number of hydrogen-bond donors (Lipinski definition) is 1. The lowest BCUT2D eigenvalue weighted by Crippen LogP contribution is -2.44. The van der Waals surface area contributed by atoms with E-state index in [4.69, 9.17) is 14.6 Å². The molecular formula is C43H55N5O3. The molecule has 0 amide bonds. The van der Waals surface area contributed by atoms with Crippen LogP contribution in [0.5, 0.6) is 5.75 Å². The molecule has 2 aromatic heterocycles. The fourth-order valence-electron chi connectivity index (χ4n) is 8.02. The Morgan fingerprint density at radius 2 is 1.71 bits per heavy atom. The molecular weight excluding hydrogens is 635 g/mol. The van der Waals surface area contributed by atoms with Crippen LogP contribution in [0.4, 0.5) is 0 Å². The van der Waals surface area contributed by atoms with Crippen molar-refractivity contribution in [3.63, 3.8) is 0 Å². The number of ether oxygens (including phenoxy) is 2. The van der Waals surface area contributed by atoms with Crippen molar-refractivity contribution in [2.45, 2.75) is 85.3 Å². The van der Waals surface area contributed by atoms with Crippen molar-refractivity contribution in [3.8, 4) is 16.9 Å². The summed E-state index contributed by atoms with van der Waals surface area (Å²) in [5, 5.41) is 11.7. The highest BCUT2D eigenvalue weighted by Crippen LogP contribution is 2.41. The molecule has 1 aliphatic heterocycles. The first-order valence-electron chi connectivity index (χ1n) is 19.0. The predicted octanol–water partition coefficient (Wildman–Crippen LogP) is 8.16. The number of nitrogens with zero attached hydrogens (tertiary/aromatic N) is 4. The van der Waals surface area contributed by atoms with E-state index in [0.717, 1.165) is 108 Å². The third kappa shape index (κ3) is 7.58. The molecule has 3 aromatic carbocycles. The maximum absolute atomic E-state index is 14.7. The van der Waals surface area contributed by atoms with E-state index in [9.17, 15) is 4.79 Å². The maximum Gasteiger partial charge on any atom is 0.355 e. The van der Waals surface area contributed by atoms with Gasteiger partial charge in [-0.15, -0.1) is 0 Å². The van der Waals surface area contributed by atoms with Crippen LogP contribution < -0.4 is 10.1 Å². The Hall–Kier alpha value is -4.14.